The van der Waals surface area contributed by atoms with Gasteiger partial charge in [0.15, 0.2) is 0 Å². The van der Waals surface area contributed by atoms with Gasteiger partial charge in [-0.25, -0.2) is 0 Å². The Kier molecular flexibility index (Phi) is 6.19. The molecular formula is C14H19F3O3. The molecule has 0 amide bonds. The van der Waals surface area contributed by atoms with Crippen molar-refractivity contribution in [2.75, 3.05) is 0 Å². The molecule has 0 aromatic carbocycles. The minimum Gasteiger partial charge on any atom is -0.459 e. The average molecular weight is 292 g/mol. The third-order valence-corrected chi connectivity index (χ3v) is 2.29. The van der Waals surface area contributed by atoms with E-state index in [0.717, 1.165) is 6.08 Å². The van der Waals surface area contributed by atoms with Crippen LogP contribution in [0.2, 0.25) is 0 Å². The lowest BCUT2D eigenvalue weighted by Crippen LogP contribution is -2.42. The van der Waals surface area contributed by atoms with Crippen LogP contribution in [0.1, 0.15) is 27.7 Å². The zero-order chi connectivity index (χ0) is 16.1. The zero-order valence-corrected chi connectivity index (χ0v) is 12.0. The highest BCUT2D eigenvalue weighted by Gasteiger charge is 2.49. The van der Waals surface area contributed by atoms with Gasteiger partial charge in [0, 0.05) is 5.92 Å². The van der Waals surface area contributed by atoms with Crippen molar-refractivity contribution in [1.29, 1.82) is 0 Å². The number of hydrogen-bond acceptors (Lipinski definition) is 3. The van der Waals surface area contributed by atoms with Crippen LogP contribution >= 0.6 is 0 Å². The van der Waals surface area contributed by atoms with Crippen LogP contribution < -0.4 is 0 Å². The summed E-state index contributed by atoms with van der Waals surface area (Å²) < 4.78 is 42.7. The molecule has 0 spiro atoms. The number of Topliss-reactive ketones (excluding diaryl/α,β-unsaturated/α-hetero) is 1. The van der Waals surface area contributed by atoms with Crippen LogP contribution in [0.3, 0.4) is 0 Å². The predicted molar refractivity (Wildman–Crippen MR) is 68.9 cm³/mol. The molecular weight excluding hydrogens is 273 g/mol. The molecule has 0 saturated heterocycles. The lowest BCUT2D eigenvalue weighted by Gasteiger charge is -2.26. The van der Waals surface area contributed by atoms with Crippen molar-refractivity contribution in [1.82, 2.24) is 0 Å². The Morgan fingerprint density at radius 2 is 1.70 bits per heavy atom. The minimum absolute atomic E-state index is 0.983. The molecule has 0 aliphatic rings. The molecule has 0 N–H and O–H groups in total. The van der Waals surface area contributed by atoms with E-state index in [1.165, 1.54) is 32.9 Å². The number of ketones is 1. The lowest BCUT2D eigenvalue weighted by atomic mass is 9.87. The van der Waals surface area contributed by atoms with Gasteiger partial charge in [0.25, 0.3) is 5.78 Å². The van der Waals surface area contributed by atoms with Crippen molar-refractivity contribution < 1.29 is 27.5 Å². The van der Waals surface area contributed by atoms with Crippen LogP contribution in [0.5, 0.6) is 0 Å². The molecule has 0 radical (unpaired) electrons. The SMILES string of the molecule is C=CC(/C=C/C)[C@H](C(=O)OC(C)(C)C)C(=O)C(F)(F)F. The van der Waals surface area contributed by atoms with E-state index in [4.69, 9.17) is 4.74 Å². The van der Waals surface area contributed by atoms with Crippen molar-refractivity contribution in [3.63, 3.8) is 0 Å². The van der Waals surface area contributed by atoms with Crippen LogP contribution in [0, 0.1) is 11.8 Å². The van der Waals surface area contributed by atoms with E-state index >= 15 is 0 Å². The maximum absolute atomic E-state index is 12.6. The zero-order valence-electron chi connectivity index (χ0n) is 12.0. The highest BCUT2D eigenvalue weighted by atomic mass is 19.4. The Labute approximate surface area is 116 Å². The molecule has 6 heteroatoms. The number of rotatable bonds is 5. The van der Waals surface area contributed by atoms with Crippen LogP contribution in [0.25, 0.3) is 0 Å². The third kappa shape index (κ3) is 5.59. The number of halogens is 3. The first-order chi connectivity index (χ1) is 8.94. The van der Waals surface area contributed by atoms with E-state index in [0.29, 0.717) is 0 Å². The predicted octanol–water partition coefficient (Wildman–Crippen LogP) is 3.45. The molecule has 114 valence electrons. The summed E-state index contributed by atoms with van der Waals surface area (Å²) in [7, 11) is 0. The standard InChI is InChI=1S/C14H19F3O3/c1-6-8-9(7-2)10(11(18)14(15,16)17)12(19)20-13(3,4)5/h6-10H,2H2,1,3-5H3/b8-6+/t9?,10-/m0/s1. The molecule has 1 unspecified atom stereocenters. The molecule has 2 atom stereocenters. The smallest absolute Gasteiger partial charge is 0.450 e. The summed E-state index contributed by atoms with van der Waals surface area (Å²) in [5.41, 5.74) is -0.983. The van der Waals surface area contributed by atoms with Crippen molar-refractivity contribution >= 4 is 11.8 Å². The second kappa shape index (κ2) is 6.72. The van der Waals surface area contributed by atoms with Gasteiger partial charge in [-0.3, -0.25) is 9.59 Å². The molecule has 0 fully saturated rings. The molecule has 3 nitrogen and oxygen atoms in total. The minimum atomic E-state index is -5.11. The lowest BCUT2D eigenvalue weighted by molar-refractivity contribution is -0.185. The maximum Gasteiger partial charge on any atom is 0.450 e. The normalized spacial score (nSPS) is 15.8. The summed E-state index contributed by atoms with van der Waals surface area (Å²) in [5, 5.41) is 0. The van der Waals surface area contributed by atoms with Gasteiger partial charge in [0.1, 0.15) is 11.5 Å². The quantitative estimate of drug-likeness (QED) is 0.443. The average Bonchev–Trinajstić information content (AvgIpc) is 2.24. The fourth-order valence-corrected chi connectivity index (χ4v) is 1.53. The number of hydrogen-bond donors (Lipinski definition) is 0. The molecule has 0 saturated carbocycles. The summed E-state index contributed by atoms with van der Waals surface area (Å²) in [6.45, 7) is 9.47. The van der Waals surface area contributed by atoms with Gasteiger partial charge >= 0.3 is 12.1 Å². The first-order valence-electron chi connectivity index (χ1n) is 6.03. The second-order valence-electron chi connectivity index (χ2n) is 5.21. The molecule has 0 bridgehead atoms. The highest BCUT2D eigenvalue weighted by molar-refractivity contribution is 6.02. The number of carbonyl (C=O) groups is 2. The highest BCUT2D eigenvalue weighted by Crippen LogP contribution is 2.29. The molecule has 0 rings (SSSR count). The fraction of sp³-hybridized carbons (Fsp3) is 0.571. The Morgan fingerprint density at radius 1 is 1.20 bits per heavy atom. The first-order valence-corrected chi connectivity index (χ1v) is 6.03. The van der Waals surface area contributed by atoms with Crippen molar-refractivity contribution in [3.05, 3.63) is 24.8 Å². The van der Waals surface area contributed by atoms with Gasteiger partial charge < -0.3 is 4.74 Å². The third-order valence-electron chi connectivity index (χ3n) is 2.29. The summed E-state index contributed by atoms with van der Waals surface area (Å²) in [4.78, 5) is 23.4. The fourth-order valence-electron chi connectivity index (χ4n) is 1.53. The van der Waals surface area contributed by atoms with E-state index < -0.39 is 35.4 Å². The Balaban J connectivity index is 5.53. The van der Waals surface area contributed by atoms with Crippen LogP contribution in [0.15, 0.2) is 24.8 Å². The Hall–Kier alpha value is -1.59. The topological polar surface area (TPSA) is 43.4 Å². The van der Waals surface area contributed by atoms with E-state index in [9.17, 15) is 22.8 Å². The number of allylic oxidation sites excluding steroid dienone is 3. The van der Waals surface area contributed by atoms with E-state index in [1.54, 1.807) is 6.92 Å². The van der Waals surface area contributed by atoms with Gasteiger partial charge in [0.2, 0.25) is 0 Å². The molecule has 0 aromatic heterocycles. The first kappa shape index (κ1) is 18.4. The van der Waals surface area contributed by atoms with E-state index in [2.05, 4.69) is 6.58 Å². The molecule has 0 aliphatic heterocycles. The van der Waals surface area contributed by atoms with Crippen LogP contribution in [-0.4, -0.2) is 23.5 Å². The number of ether oxygens (including phenoxy) is 1. The van der Waals surface area contributed by atoms with Gasteiger partial charge in [-0.15, -0.1) is 6.58 Å². The number of alkyl halides is 3. The van der Waals surface area contributed by atoms with Crippen LogP contribution in [0.4, 0.5) is 13.2 Å². The number of esters is 1. The Morgan fingerprint density at radius 3 is 2.00 bits per heavy atom. The molecule has 0 aliphatic carbocycles. The molecule has 20 heavy (non-hydrogen) atoms. The summed E-state index contributed by atoms with van der Waals surface area (Å²) in [6, 6.07) is 0. The van der Waals surface area contributed by atoms with E-state index in [-0.39, 0.29) is 0 Å². The summed E-state index contributed by atoms with van der Waals surface area (Å²) in [6.07, 6.45) is -1.22. The largest absolute Gasteiger partial charge is 0.459 e. The summed E-state index contributed by atoms with van der Waals surface area (Å²) >= 11 is 0. The van der Waals surface area contributed by atoms with Crippen molar-refractivity contribution in [2.45, 2.75) is 39.5 Å². The van der Waals surface area contributed by atoms with Crippen molar-refractivity contribution in [2.24, 2.45) is 11.8 Å². The van der Waals surface area contributed by atoms with Crippen LogP contribution in [-0.2, 0) is 14.3 Å². The molecule has 0 aromatic rings. The summed E-state index contributed by atoms with van der Waals surface area (Å²) in [5.74, 6) is -6.37. The Bertz CT molecular complexity index is 403. The second-order valence-corrected chi connectivity index (χ2v) is 5.21. The molecule has 0 heterocycles. The number of carbonyl (C=O) groups excluding carboxylic acids is 2. The van der Waals surface area contributed by atoms with Gasteiger partial charge in [-0.1, -0.05) is 18.2 Å². The monoisotopic (exact) mass is 292 g/mol. The van der Waals surface area contributed by atoms with Gasteiger partial charge in [0.05, 0.1) is 0 Å². The van der Waals surface area contributed by atoms with Gasteiger partial charge in [-0.2, -0.15) is 13.2 Å². The maximum atomic E-state index is 12.6. The van der Waals surface area contributed by atoms with Gasteiger partial charge in [-0.05, 0) is 27.7 Å². The van der Waals surface area contributed by atoms with Crippen molar-refractivity contribution in [3.8, 4) is 0 Å². The van der Waals surface area contributed by atoms with E-state index in [1.807, 2.05) is 0 Å².